The number of aliphatic hydroxyl groups is 1. The van der Waals surface area contributed by atoms with Gasteiger partial charge < -0.3 is 14.9 Å². The van der Waals surface area contributed by atoms with Crippen LogP contribution in [0.4, 0.5) is 19.0 Å². The first-order chi connectivity index (χ1) is 13.8. The lowest BCUT2D eigenvalue weighted by molar-refractivity contribution is -0.145. The minimum atomic E-state index is -4.39. The molecular weight excluding hydrogens is 383 g/mol. The van der Waals surface area contributed by atoms with Crippen LogP contribution in [0.5, 0.6) is 0 Å². The van der Waals surface area contributed by atoms with E-state index in [2.05, 4.69) is 4.98 Å². The molecule has 3 unspecified atom stereocenters. The Bertz CT molecular complexity index is 728. The SMILES string of the molecule is O=C(CC1CCCN(c2cc(C(F)(F)F)ccn2)C1)N1C2CCCC1CC(O)C2. The number of rotatable bonds is 3. The fraction of sp³-hybridized carbons (Fsp3) is 0.714. The first-order valence-electron chi connectivity index (χ1n) is 10.6. The Kier molecular flexibility index (Phi) is 5.73. The van der Waals surface area contributed by atoms with Gasteiger partial charge in [-0.05, 0) is 63.0 Å². The van der Waals surface area contributed by atoms with Crippen molar-refractivity contribution in [2.45, 2.75) is 75.7 Å². The molecule has 3 aliphatic rings. The normalized spacial score (nSPS) is 30.3. The second-order valence-corrected chi connectivity index (χ2v) is 8.72. The maximum absolute atomic E-state index is 13.1. The fourth-order valence-corrected chi connectivity index (χ4v) is 5.32. The monoisotopic (exact) mass is 411 g/mol. The van der Waals surface area contributed by atoms with Gasteiger partial charge in [-0.25, -0.2) is 4.98 Å². The Labute approximate surface area is 168 Å². The van der Waals surface area contributed by atoms with Gasteiger partial charge in [0.15, 0.2) is 0 Å². The number of alkyl halides is 3. The molecule has 0 aliphatic carbocycles. The van der Waals surface area contributed by atoms with Crippen molar-refractivity contribution in [1.29, 1.82) is 0 Å². The Balaban J connectivity index is 1.41. The lowest BCUT2D eigenvalue weighted by atomic mass is 9.82. The number of fused-ring (bicyclic) bond motifs is 2. The Hall–Kier alpha value is -1.83. The molecule has 160 valence electrons. The molecule has 0 radical (unpaired) electrons. The molecule has 1 amide bonds. The van der Waals surface area contributed by atoms with E-state index in [1.54, 1.807) is 0 Å². The van der Waals surface area contributed by atoms with Crippen LogP contribution in [0.1, 0.15) is 56.9 Å². The highest BCUT2D eigenvalue weighted by Crippen LogP contribution is 2.36. The predicted octanol–water partition coefficient (Wildman–Crippen LogP) is 3.61. The molecular formula is C21H28F3N3O2. The van der Waals surface area contributed by atoms with Gasteiger partial charge in [0, 0.05) is 37.8 Å². The molecule has 3 fully saturated rings. The van der Waals surface area contributed by atoms with E-state index >= 15 is 0 Å². The lowest BCUT2D eigenvalue weighted by Crippen LogP contribution is -2.56. The third-order valence-corrected chi connectivity index (χ3v) is 6.62. The number of nitrogens with zero attached hydrogens (tertiary/aromatic N) is 3. The number of hydrogen-bond donors (Lipinski definition) is 1. The van der Waals surface area contributed by atoms with E-state index in [-0.39, 0.29) is 30.0 Å². The van der Waals surface area contributed by atoms with Gasteiger partial charge in [0.25, 0.3) is 0 Å². The van der Waals surface area contributed by atoms with Crippen LogP contribution >= 0.6 is 0 Å². The van der Waals surface area contributed by atoms with Gasteiger partial charge in [-0.1, -0.05) is 0 Å². The number of anilines is 1. The summed E-state index contributed by atoms with van der Waals surface area (Å²) in [5.41, 5.74) is -0.694. The van der Waals surface area contributed by atoms with E-state index in [0.717, 1.165) is 44.2 Å². The van der Waals surface area contributed by atoms with Crippen LogP contribution < -0.4 is 4.90 Å². The zero-order valence-electron chi connectivity index (χ0n) is 16.4. The molecule has 3 aliphatic heterocycles. The first-order valence-corrected chi connectivity index (χ1v) is 10.6. The van der Waals surface area contributed by atoms with Gasteiger partial charge in [-0.15, -0.1) is 0 Å². The lowest BCUT2D eigenvalue weighted by Gasteiger charge is -2.48. The number of amides is 1. The van der Waals surface area contributed by atoms with Crippen molar-refractivity contribution in [2.24, 2.45) is 5.92 Å². The summed E-state index contributed by atoms with van der Waals surface area (Å²) in [6.07, 6.45) is 2.96. The Morgan fingerprint density at radius 3 is 2.59 bits per heavy atom. The molecule has 4 rings (SSSR count). The van der Waals surface area contributed by atoms with E-state index in [0.29, 0.717) is 38.2 Å². The van der Waals surface area contributed by atoms with Crippen LogP contribution in [0.15, 0.2) is 18.3 Å². The maximum atomic E-state index is 13.1. The van der Waals surface area contributed by atoms with Gasteiger partial charge in [0.1, 0.15) is 5.82 Å². The predicted molar refractivity (Wildman–Crippen MR) is 102 cm³/mol. The zero-order valence-corrected chi connectivity index (χ0v) is 16.4. The highest BCUT2D eigenvalue weighted by atomic mass is 19.4. The third-order valence-electron chi connectivity index (χ3n) is 6.62. The fourth-order valence-electron chi connectivity index (χ4n) is 5.32. The highest BCUT2D eigenvalue weighted by Gasteiger charge is 2.41. The number of aliphatic hydroxyl groups excluding tert-OH is 1. The molecule has 29 heavy (non-hydrogen) atoms. The van der Waals surface area contributed by atoms with E-state index in [9.17, 15) is 23.1 Å². The molecule has 0 aromatic carbocycles. The molecule has 1 aromatic rings. The van der Waals surface area contributed by atoms with Crippen molar-refractivity contribution >= 4 is 11.7 Å². The first kappa shape index (κ1) is 20.4. The Morgan fingerprint density at radius 1 is 1.17 bits per heavy atom. The van der Waals surface area contributed by atoms with Crippen molar-refractivity contribution in [3.8, 4) is 0 Å². The summed E-state index contributed by atoms with van der Waals surface area (Å²) < 4.78 is 39.0. The molecule has 1 N–H and O–H groups in total. The van der Waals surface area contributed by atoms with Crippen LogP contribution in [-0.4, -0.2) is 52.2 Å². The molecule has 0 spiro atoms. The minimum absolute atomic E-state index is 0.111. The van der Waals surface area contributed by atoms with Crippen molar-refractivity contribution in [2.75, 3.05) is 18.0 Å². The van der Waals surface area contributed by atoms with E-state index in [1.807, 2.05) is 9.80 Å². The van der Waals surface area contributed by atoms with Crippen LogP contribution in [-0.2, 0) is 11.0 Å². The van der Waals surface area contributed by atoms with Crippen LogP contribution in [0, 0.1) is 5.92 Å². The summed E-state index contributed by atoms with van der Waals surface area (Å²) in [7, 11) is 0. The van der Waals surface area contributed by atoms with Crippen molar-refractivity contribution in [3.63, 3.8) is 0 Å². The third kappa shape index (κ3) is 4.52. The topological polar surface area (TPSA) is 56.7 Å². The number of pyridine rings is 1. The van der Waals surface area contributed by atoms with Crippen molar-refractivity contribution < 1.29 is 23.1 Å². The molecule has 5 nitrogen and oxygen atoms in total. The van der Waals surface area contributed by atoms with E-state index in [1.165, 1.54) is 6.20 Å². The molecule has 1 aromatic heterocycles. The molecule has 3 atom stereocenters. The van der Waals surface area contributed by atoms with Gasteiger partial charge in [0.05, 0.1) is 11.7 Å². The highest BCUT2D eigenvalue weighted by molar-refractivity contribution is 5.77. The van der Waals surface area contributed by atoms with E-state index in [4.69, 9.17) is 0 Å². The summed E-state index contributed by atoms with van der Waals surface area (Å²) in [4.78, 5) is 21.1. The van der Waals surface area contributed by atoms with Gasteiger partial charge in [-0.3, -0.25) is 4.79 Å². The quantitative estimate of drug-likeness (QED) is 0.826. The number of aromatic nitrogens is 1. The van der Waals surface area contributed by atoms with Crippen LogP contribution in [0.2, 0.25) is 0 Å². The summed E-state index contributed by atoms with van der Waals surface area (Å²) in [5.74, 6) is 0.575. The number of carbonyl (C=O) groups excluding carboxylic acids is 1. The average molecular weight is 411 g/mol. The number of piperidine rings is 3. The molecule has 3 saturated heterocycles. The van der Waals surface area contributed by atoms with Crippen LogP contribution in [0.25, 0.3) is 0 Å². The number of carbonyl (C=O) groups is 1. The van der Waals surface area contributed by atoms with Gasteiger partial charge in [0.2, 0.25) is 5.91 Å². The second-order valence-electron chi connectivity index (χ2n) is 8.72. The molecule has 2 bridgehead atoms. The summed E-state index contributed by atoms with van der Waals surface area (Å²) in [6, 6.07) is 2.35. The van der Waals surface area contributed by atoms with E-state index < -0.39 is 11.7 Å². The number of hydrogen-bond acceptors (Lipinski definition) is 4. The second kappa shape index (κ2) is 8.13. The average Bonchev–Trinajstić information content (AvgIpc) is 2.67. The van der Waals surface area contributed by atoms with Gasteiger partial charge >= 0.3 is 6.18 Å². The zero-order chi connectivity index (χ0) is 20.6. The van der Waals surface area contributed by atoms with Crippen molar-refractivity contribution in [3.05, 3.63) is 23.9 Å². The summed E-state index contributed by atoms with van der Waals surface area (Å²) >= 11 is 0. The summed E-state index contributed by atoms with van der Waals surface area (Å²) in [6.45, 7) is 1.20. The standard InChI is InChI=1S/C21H28F3N3O2/c22-21(23,24)15-6-7-25-19(10-15)26-8-2-3-14(13-26)9-20(29)27-16-4-1-5-17(27)12-18(28)11-16/h6-7,10,14,16-18,28H,1-5,8-9,11-13H2. The maximum Gasteiger partial charge on any atom is 0.416 e. The largest absolute Gasteiger partial charge is 0.416 e. The Morgan fingerprint density at radius 2 is 1.90 bits per heavy atom. The molecule has 4 heterocycles. The molecule has 8 heteroatoms. The smallest absolute Gasteiger partial charge is 0.393 e. The number of halogens is 3. The minimum Gasteiger partial charge on any atom is -0.393 e. The van der Waals surface area contributed by atoms with Crippen LogP contribution in [0.3, 0.4) is 0 Å². The molecule has 0 saturated carbocycles. The van der Waals surface area contributed by atoms with Crippen molar-refractivity contribution in [1.82, 2.24) is 9.88 Å². The summed E-state index contributed by atoms with van der Waals surface area (Å²) in [5, 5.41) is 10.0. The van der Waals surface area contributed by atoms with Gasteiger partial charge in [-0.2, -0.15) is 13.2 Å².